The van der Waals surface area contributed by atoms with Gasteiger partial charge in [-0.25, -0.2) is 0 Å². The molecule has 2 N–H and O–H groups in total. The molecular formula is C20H28N2O3. The number of carboxylic acids is 1. The number of carbonyl (C=O) groups is 2. The van der Waals surface area contributed by atoms with Crippen molar-refractivity contribution in [2.45, 2.75) is 56.9 Å². The summed E-state index contributed by atoms with van der Waals surface area (Å²) < 4.78 is 0. The lowest BCUT2D eigenvalue weighted by molar-refractivity contribution is -0.957. The van der Waals surface area contributed by atoms with Gasteiger partial charge in [0.2, 0.25) is 0 Å². The molecule has 1 aliphatic heterocycles. The van der Waals surface area contributed by atoms with E-state index in [0.717, 1.165) is 0 Å². The number of amides is 1. The van der Waals surface area contributed by atoms with E-state index in [4.69, 9.17) is 0 Å². The number of hydrogen-bond donors (Lipinski definition) is 2. The molecule has 1 amide bonds. The van der Waals surface area contributed by atoms with Gasteiger partial charge in [-0.3, -0.25) is 4.79 Å². The average Bonchev–Trinajstić information content (AvgIpc) is 2.67. The van der Waals surface area contributed by atoms with Crippen molar-refractivity contribution in [3.63, 3.8) is 0 Å². The Morgan fingerprint density at radius 1 is 0.920 bits per heavy atom. The summed E-state index contributed by atoms with van der Waals surface area (Å²) in [5, 5.41) is 13.9. The van der Waals surface area contributed by atoms with E-state index in [2.05, 4.69) is 5.32 Å². The lowest BCUT2D eigenvalue weighted by Gasteiger charge is -2.45. The summed E-state index contributed by atoms with van der Waals surface area (Å²) in [4.78, 5) is 25.0. The smallest absolute Gasteiger partial charge is 0.251 e. The van der Waals surface area contributed by atoms with Gasteiger partial charge in [0.25, 0.3) is 5.91 Å². The molecule has 1 heterocycles. The maximum Gasteiger partial charge on any atom is 0.251 e. The minimum absolute atomic E-state index is 0.0954. The highest BCUT2D eigenvalue weighted by molar-refractivity contribution is 5.95. The zero-order valence-electron chi connectivity index (χ0n) is 14.8. The van der Waals surface area contributed by atoms with Gasteiger partial charge in [-0.1, -0.05) is 18.6 Å². The fourth-order valence-electron chi connectivity index (χ4n) is 4.50. The monoisotopic (exact) mass is 344 g/mol. The predicted molar refractivity (Wildman–Crippen MR) is 93.5 cm³/mol. The Balaban J connectivity index is 1.65. The highest BCUT2D eigenvalue weighted by atomic mass is 16.4. The third kappa shape index (κ3) is 4.21. The molecule has 2 fully saturated rings. The molecule has 1 saturated heterocycles. The van der Waals surface area contributed by atoms with Crippen molar-refractivity contribution < 1.29 is 19.6 Å². The molecule has 0 aromatic heterocycles. The minimum Gasteiger partial charge on any atom is -0.545 e. The number of quaternary nitrogens is 1. The van der Waals surface area contributed by atoms with Gasteiger partial charge in [-0.2, -0.15) is 0 Å². The largest absolute Gasteiger partial charge is 0.545 e. The molecule has 1 aromatic carbocycles. The maximum absolute atomic E-state index is 12.5. The number of hydrogen-bond acceptors (Lipinski definition) is 3. The Morgan fingerprint density at radius 3 is 2.08 bits per heavy atom. The highest BCUT2D eigenvalue weighted by Crippen LogP contribution is 2.26. The molecule has 0 atom stereocenters. The van der Waals surface area contributed by atoms with Crippen LogP contribution in [0.15, 0.2) is 24.3 Å². The summed E-state index contributed by atoms with van der Waals surface area (Å²) in [5.74, 6) is -1.34. The van der Waals surface area contributed by atoms with Crippen LogP contribution in [0.5, 0.6) is 0 Å². The Hall–Kier alpha value is -1.88. The number of piperidine rings is 1. The van der Waals surface area contributed by atoms with Crippen molar-refractivity contribution in [2.75, 3.05) is 19.6 Å². The Bertz CT molecular complexity index is 600. The standard InChI is InChI=1S/C20H28N2O3/c23-18(16-7-9-17(10-8-16)19(24)25)21-15-20(11-3-1-4-12-20)22-13-5-2-6-14-22/h7-10H,1-6,11-15H2,(H,21,23)(H,24,25). The molecule has 1 aliphatic carbocycles. The Kier molecular flexibility index (Phi) is 5.74. The van der Waals surface area contributed by atoms with E-state index in [0.29, 0.717) is 12.1 Å². The number of carbonyl (C=O) groups excluding carboxylic acids is 2. The van der Waals surface area contributed by atoms with Gasteiger partial charge in [0.1, 0.15) is 5.54 Å². The van der Waals surface area contributed by atoms with Crippen LogP contribution in [-0.4, -0.2) is 37.0 Å². The first-order chi connectivity index (χ1) is 12.1. The molecule has 5 heteroatoms. The van der Waals surface area contributed by atoms with Crippen LogP contribution in [0.1, 0.15) is 72.1 Å². The number of benzene rings is 1. The molecule has 136 valence electrons. The molecule has 3 rings (SSSR count). The van der Waals surface area contributed by atoms with Crippen LogP contribution in [0.4, 0.5) is 0 Å². The summed E-state index contributed by atoms with van der Waals surface area (Å²) in [6, 6.07) is 5.97. The van der Waals surface area contributed by atoms with Gasteiger partial charge in [-0.15, -0.1) is 0 Å². The summed E-state index contributed by atoms with van der Waals surface area (Å²) in [7, 11) is 0. The second-order valence-electron chi connectivity index (χ2n) is 7.55. The molecule has 0 bridgehead atoms. The average molecular weight is 344 g/mol. The number of nitrogens with one attached hydrogen (secondary N) is 2. The van der Waals surface area contributed by atoms with Crippen LogP contribution in [-0.2, 0) is 0 Å². The maximum atomic E-state index is 12.5. The van der Waals surface area contributed by atoms with Crippen molar-refractivity contribution in [3.8, 4) is 0 Å². The lowest BCUT2D eigenvalue weighted by atomic mass is 9.79. The minimum atomic E-state index is -1.22. The Labute approximate surface area is 149 Å². The van der Waals surface area contributed by atoms with E-state index in [1.165, 1.54) is 76.6 Å². The zero-order valence-corrected chi connectivity index (χ0v) is 14.8. The number of carboxylic acid groups (broad SMARTS) is 1. The van der Waals surface area contributed by atoms with Crippen LogP contribution in [0.25, 0.3) is 0 Å². The number of likely N-dealkylation sites (tertiary alicyclic amines) is 1. The number of rotatable bonds is 5. The molecule has 1 aromatic rings. The number of aromatic carboxylic acids is 1. The van der Waals surface area contributed by atoms with Gasteiger partial charge < -0.3 is 20.1 Å². The molecule has 2 aliphatic rings. The van der Waals surface area contributed by atoms with Gasteiger partial charge in [0.15, 0.2) is 0 Å². The summed E-state index contributed by atoms with van der Waals surface area (Å²) >= 11 is 0. The second kappa shape index (κ2) is 8.00. The van der Waals surface area contributed by atoms with Crippen molar-refractivity contribution >= 4 is 11.9 Å². The van der Waals surface area contributed by atoms with E-state index >= 15 is 0 Å². The fourth-order valence-corrected chi connectivity index (χ4v) is 4.50. The molecule has 0 spiro atoms. The van der Waals surface area contributed by atoms with Crippen molar-refractivity contribution in [2.24, 2.45) is 0 Å². The summed E-state index contributed by atoms with van der Waals surface area (Å²) in [6.07, 6.45) is 10.1. The third-order valence-corrected chi connectivity index (χ3v) is 5.99. The van der Waals surface area contributed by atoms with Gasteiger partial charge in [0.05, 0.1) is 25.6 Å². The SMILES string of the molecule is O=C([O-])c1ccc(C(=O)NCC2([NH+]3CCCCC3)CCCCC2)cc1. The zero-order chi connectivity index (χ0) is 17.7. The molecular weight excluding hydrogens is 316 g/mol. The van der Waals surface area contributed by atoms with E-state index < -0.39 is 5.97 Å². The van der Waals surface area contributed by atoms with Crippen LogP contribution in [0.3, 0.4) is 0 Å². The van der Waals surface area contributed by atoms with E-state index in [1.807, 2.05) is 0 Å². The predicted octanol–water partition coefficient (Wildman–Crippen LogP) is 0.552. The first kappa shape index (κ1) is 17.9. The van der Waals surface area contributed by atoms with E-state index in [-0.39, 0.29) is 17.0 Å². The topological polar surface area (TPSA) is 73.7 Å². The van der Waals surface area contributed by atoms with Crippen molar-refractivity contribution in [3.05, 3.63) is 35.4 Å². The normalized spacial score (nSPS) is 20.8. The van der Waals surface area contributed by atoms with Gasteiger partial charge in [0, 0.05) is 18.4 Å². The van der Waals surface area contributed by atoms with Crippen LogP contribution in [0, 0.1) is 0 Å². The van der Waals surface area contributed by atoms with Crippen LogP contribution < -0.4 is 15.3 Å². The van der Waals surface area contributed by atoms with E-state index in [9.17, 15) is 14.7 Å². The fraction of sp³-hybridized carbons (Fsp3) is 0.600. The summed E-state index contributed by atoms with van der Waals surface area (Å²) in [6.45, 7) is 3.15. The van der Waals surface area contributed by atoms with Crippen molar-refractivity contribution in [1.29, 1.82) is 0 Å². The van der Waals surface area contributed by atoms with Gasteiger partial charge >= 0.3 is 0 Å². The molecule has 0 radical (unpaired) electrons. The van der Waals surface area contributed by atoms with Crippen LogP contribution in [0.2, 0.25) is 0 Å². The first-order valence-electron chi connectivity index (χ1n) is 9.56. The van der Waals surface area contributed by atoms with Crippen LogP contribution >= 0.6 is 0 Å². The Morgan fingerprint density at radius 2 is 1.48 bits per heavy atom. The quantitative estimate of drug-likeness (QED) is 0.819. The second-order valence-corrected chi connectivity index (χ2v) is 7.55. The molecule has 0 unspecified atom stereocenters. The summed E-state index contributed by atoms with van der Waals surface area (Å²) in [5.41, 5.74) is 0.780. The molecule has 25 heavy (non-hydrogen) atoms. The van der Waals surface area contributed by atoms with E-state index in [1.54, 1.807) is 17.0 Å². The molecule has 5 nitrogen and oxygen atoms in total. The third-order valence-electron chi connectivity index (χ3n) is 5.99. The molecule has 1 saturated carbocycles. The van der Waals surface area contributed by atoms with Gasteiger partial charge in [-0.05, 0) is 49.8 Å². The lowest BCUT2D eigenvalue weighted by Crippen LogP contribution is -3.22. The first-order valence-corrected chi connectivity index (χ1v) is 9.56. The highest BCUT2D eigenvalue weighted by Gasteiger charge is 2.42. The van der Waals surface area contributed by atoms with Crippen molar-refractivity contribution in [1.82, 2.24) is 5.32 Å².